The highest BCUT2D eigenvalue weighted by molar-refractivity contribution is 6.07. The standard InChI is InChI=1S/C18H16N2O3/c21-16(14-10-12(17(22)23)6-9-19-14)20-11-18(7-3-8-18)13-4-1-2-5-15(13)20/h1-2,4-6,9-10H,3,7-8,11H2,(H,22,23). The van der Waals surface area contributed by atoms with Crippen molar-refractivity contribution in [3.8, 4) is 0 Å². The van der Waals surface area contributed by atoms with Crippen LogP contribution in [0, 0.1) is 0 Å². The van der Waals surface area contributed by atoms with E-state index in [0.29, 0.717) is 6.54 Å². The van der Waals surface area contributed by atoms with Crippen molar-refractivity contribution in [1.29, 1.82) is 0 Å². The Labute approximate surface area is 133 Å². The Morgan fingerprint density at radius 1 is 1.17 bits per heavy atom. The van der Waals surface area contributed by atoms with Crippen LogP contribution in [0.25, 0.3) is 0 Å². The average molecular weight is 308 g/mol. The van der Waals surface area contributed by atoms with Crippen molar-refractivity contribution in [3.05, 3.63) is 59.4 Å². The van der Waals surface area contributed by atoms with Gasteiger partial charge in [-0.3, -0.25) is 9.78 Å². The van der Waals surface area contributed by atoms with Crippen LogP contribution in [0.4, 0.5) is 5.69 Å². The molecule has 1 amide bonds. The normalized spacial score (nSPS) is 17.7. The zero-order chi connectivity index (χ0) is 16.0. The molecule has 0 atom stereocenters. The highest BCUT2D eigenvalue weighted by Crippen LogP contribution is 2.52. The van der Waals surface area contributed by atoms with E-state index in [1.165, 1.54) is 30.3 Å². The number of nitrogens with zero attached hydrogens (tertiary/aromatic N) is 2. The summed E-state index contributed by atoms with van der Waals surface area (Å²) in [5.74, 6) is -1.29. The summed E-state index contributed by atoms with van der Waals surface area (Å²) in [6, 6.07) is 10.7. The summed E-state index contributed by atoms with van der Waals surface area (Å²) in [6.45, 7) is 0.657. The molecule has 1 aliphatic carbocycles. The van der Waals surface area contributed by atoms with Crippen LogP contribution < -0.4 is 4.90 Å². The lowest BCUT2D eigenvalue weighted by Crippen LogP contribution is -2.41. The Bertz CT molecular complexity index is 811. The molecule has 2 aliphatic rings. The largest absolute Gasteiger partial charge is 0.478 e. The number of aromatic carboxylic acids is 1. The lowest BCUT2D eigenvalue weighted by atomic mass is 9.66. The van der Waals surface area contributed by atoms with Crippen LogP contribution in [0.3, 0.4) is 0 Å². The number of carbonyl (C=O) groups excluding carboxylic acids is 1. The summed E-state index contributed by atoms with van der Waals surface area (Å²) in [5, 5.41) is 9.09. The first-order valence-electron chi connectivity index (χ1n) is 7.71. The van der Waals surface area contributed by atoms with Crippen molar-refractivity contribution in [2.45, 2.75) is 24.7 Å². The molecule has 5 nitrogen and oxygen atoms in total. The van der Waals surface area contributed by atoms with Crippen molar-refractivity contribution < 1.29 is 14.7 Å². The van der Waals surface area contributed by atoms with Crippen LogP contribution in [0.5, 0.6) is 0 Å². The molecule has 116 valence electrons. The molecule has 23 heavy (non-hydrogen) atoms. The van der Waals surface area contributed by atoms with Gasteiger partial charge in [-0.2, -0.15) is 0 Å². The number of rotatable bonds is 2. The maximum Gasteiger partial charge on any atom is 0.335 e. The number of hydrogen-bond acceptors (Lipinski definition) is 3. The van der Waals surface area contributed by atoms with Gasteiger partial charge in [0.1, 0.15) is 5.69 Å². The fraction of sp³-hybridized carbons (Fsp3) is 0.278. The summed E-state index contributed by atoms with van der Waals surface area (Å²) >= 11 is 0. The first-order valence-corrected chi connectivity index (χ1v) is 7.71. The maximum absolute atomic E-state index is 12.9. The maximum atomic E-state index is 12.9. The van der Waals surface area contributed by atoms with Crippen molar-refractivity contribution in [2.24, 2.45) is 0 Å². The van der Waals surface area contributed by atoms with Gasteiger partial charge in [-0.1, -0.05) is 24.6 Å². The van der Waals surface area contributed by atoms with Crippen molar-refractivity contribution in [3.63, 3.8) is 0 Å². The number of benzene rings is 1. The van der Waals surface area contributed by atoms with Crippen LogP contribution in [0.2, 0.25) is 0 Å². The fourth-order valence-corrected chi connectivity index (χ4v) is 3.66. The van der Waals surface area contributed by atoms with E-state index >= 15 is 0 Å². The molecule has 4 rings (SSSR count). The topological polar surface area (TPSA) is 70.5 Å². The molecule has 1 fully saturated rings. The Morgan fingerprint density at radius 2 is 1.96 bits per heavy atom. The smallest absolute Gasteiger partial charge is 0.335 e. The molecular weight excluding hydrogens is 292 g/mol. The Kier molecular flexibility index (Phi) is 2.98. The van der Waals surface area contributed by atoms with Crippen LogP contribution in [-0.4, -0.2) is 28.5 Å². The molecule has 1 aromatic carbocycles. The second kappa shape index (κ2) is 4.91. The van der Waals surface area contributed by atoms with Gasteiger partial charge in [0, 0.05) is 23.8 Å². The van der Waals surface area contributed by atoms with E-state index < -0.39 is 5.97 Å². The van der Waals surface area contributed by atoms with Gasteiger partial charge in [0.05, 0.1) is 5.56 Å². The Hall–Kier alpha value is -2.69. The second-order valence-corrected chi connectivity index (χ2v) is 6.28. The highest BCUT2D eigenvalue weighted by Gasteiger charge is 2.48. The monoisotopic (exact) mass is 308 g/mol. The van der Waals surface area contributed by atoms with E-state index in [2.05, 4.69) is 11.1 Å². The van der Waals surface area contributed by atoms with Gasteiger partial charge in [-0.05, 0) is 36.6 Å². The summed E-state index contributed by atoms with van der Waals surface area (Å²) in [7, 11) is 0. The van der Waals surface area contributed by atoms with Gasteiger partial charge in [-0.15, -0.1) is 0 Å². The van der Waals surface area contributed by atoms with Crippen molar-refractivity contribution in [1.82, 2.24) is 4.98 Å². The van der Waals surface area contributed by atoms with Gasteiger partial charge in [-0.25, -0.2) is 4.79 Å². The number of aromatic nitrogens is 1. The quantitative estimate of drug-likeness (QED) is 0.926. The van der Waals surface area contributed by atoms with E-state index in [4.69, 9.17) is 5.11 Å². The number of para-hydroxylation sites is 1. The van der Waals surface area contributed by atoms with E-state index in [0.717, 1.165) is 18.5 Å². The van der Waals surface area contributed by atoms with Crippen molar-refractivity contribution in [2.75, 3.05) is 11.4 Å². The number of carboxylic acids is 1. The van der Waals surface area contributed by atoms with E-state index in [-0.39, 0.29) is 22.6 Å². The van der Waals surface area contributed by atoms with Gasteiger partial charge in [0.15, 0.2) is 0 Å². The van der Waals surface area contributed by atoms with Crippen LogP contribution in [0.15, 0.2) is 42.6 Å². The molecular formula is C18H16N2O3. The van der Waals surface area contributed by atoms with E-state index in [1.54, 1.807) is 4.90 Å². The SMILES string of the molecule is O=C(O)c1ccnc(C(=O)N2CC3(CCC3)c3ccccc32)c1. The predicted molar refractivity (Wildman–Crippen MR) is 84.8 cm³/mol. The van der Waals surface area contributed by atoms with Gasteiger partial charge in [0.2, 0.25) is 0 Å². The van der Waals surface area contributed by atoms with Crippen molar-refractivity contribution >= 4 is 17.6 Å². The lowest BCUT2D eigenvalue weighted by Gasteiger charge is -2.38. The summed E-state index contributed by atoms with van der Waals surface area (Å²) < 4.78 is 0. The number of pyridine rings is 1. The number of carbonyl (C=O) groups is 2. The van der Waals surface area contributed by atoms with E-state index in [1.807, 2.05) is 18.2 Å². The minimum atomic E-state index is -1.06. The fourth-order valence-electron chi connectivity index (χ4n) is 3.66. The number of fused-ring (bicyclic) bond motifs is 2. The van der Waals surface area contributed by atoms with Crippen LogP contribution in [-0.2, 0) is 5.41 Å². The highest BCUT2D eigenvalue weighted by atomic mass is 16.4. The molecule has 1 saturated carbocycles. The first kappa shape index (κ1) is 13.9. The van der Waals surface area contributed by atoms with Gasteiger partial charge < -0.3 is 10.0 Å². The van der Waals surface area contributed by atoms with Gasteiger partial charge >= 0.3 is 5.97 Å². The number of hydrogen-bond donors (Lipinski definition) is 1. The Balaban J connectivity index is 1.73. The number of amides is 1. The molecule has 0 bridgehead atoms. The lowest BCUT2D eigenvalue weighted by molar-refractivity contribution is 0.0696. The number of anilines is 1. The minimum absolute atomic E-state index is 0.0780. The zero-order valence-corrected chi connectivity index (χ0v) is 12.5. The molecule has 2 aromatic rings. The molecule has 0 radical (unpaired) electrons. The molecule has 0 unspecified atom stereocenters. The molecule has 1 aliphatic heterocycles. The third kappa shape index (κ3) is 2.04. The molecule has 0 saturated heterocycles. The van der Waals surface area contributed by atoms with E-state index in [9.17, 15) is 9.59 Å². The number of carboxylic acid groups (broad SMARTS) is 1. The third-order valence-electron chi connectivity index (χ3n) is 5.01. The minimum Gasteiger partial charge on any atom is -0.478 e. The van der Waals surface area contributed by atoms with Crippen LogP contribution >= 0.6 is 0 Å². The predicted octanol–water partition coefficient (Wildman–Crippen LogP) is 2.86. The molecule has 5 heteroatoms. The second-order valence-electron chi connectivity index (χ2n) is 6.28. The Morgan fingerprint density at radius 3 is 2.65 bits per heavy atom. The molecule has 2 heterocycles. The molecule has 1 spiro atoms. The summed E-state index contributed by atoms with van der Waals surface area (Å²) in [5.41, 5.74) is 2.50. The molecule has 1 aromatic heterocycles. The third-order valence-corrected chi connectivity index (χ3v) is 5.01. The summed E-state index contributed by atoms with van der Waals surface area (Å²) in [4.78, 5) is 29.8. The molecule has 1 N–H and O–H groups in total. The average Bonchev–Trinajstić information content (AvgIpc) is 2.90. The van der Waals surface area contributed by atoms with Gasteiger partial charge in [0.25, 0.3) is 5.91 Å². The summed E-state index contributed by atoms with van der Waals surface area (Å²) in [6.07, 6.45) is 4.74. The van der Waals surface area contributed by atoms with Crippen LogP contribution in [0.1, 0.15) is 45.7 Å². The zero-order valence-electron chi connectivity index (χ0n) is 12.5. The first-order chi connectivity index (χ1) is 11.1.